The van der Waals surface area contributed by atoms with Crippen LogP contribution in [0.15, 0.2) is 45.9 Å². The monoisotopic (exact) mass is 422 g/mol. The standard InChI is InChI=1S/C16H11BrN2O3S2/c1-22-14-5-3-10(8-18-14)19-15(21)13(24-16(19)23)7-9-2-4-12(20)11(17)6-9/h2-8,20H,1H3/b13-7+. The number of benzene rings is 1. The normalized spacial score (nSPS) is 16.1. The van der Waals surface area contributed by atoms with Crippen molar-refractivity contribution < 1.29 is 14.6 Å². The van der Waals surface area contributed by atoms with Crippen molar-refractivity contribution >= 4 is 61.9 Å². The highest BCUT2D eigenvalue weighted by molar-refractivity contribution is 9.10. The smallest absolute Gasteiger partial charge is 0.270 e. The van der Waals surface area contributed by atoms with Crippen molar-refractivity contribution in [3.63, 3.8) is 0 Å². The summed E-state index contributed by atoms with van der Waals surface area (Å²) in [6.45, 7) is 0. The van der Waals surface area contributed by atoms with Gasteiger partial charge in [0.2, 0.25) is 5.88 Å². The van der Waals surface area contributed by atoms with E-state index in [1.54, 1.807) is 42.6 Å². The highest BCUT2D eigenvalue weighted by atomic mass is 79.9. The number of hydrogen-bond acceptors (Lipinski definition) is 6. The van der Waals surface area contributed by atoms with Crippen LogP contribution in [0.25, 0.3) is 6.08 Å². The van der Waals surface area contributed by atoms with Gasteiger partial charge < -0.3 is 9.84 Å². The molecule has 0 spiro atoms. The molecule has 1 aromatic heterocycles. The van der Waals surface area contributed by atoms with E-state index >= 15 is 0 Å². The zero-order valence-corrected chi connectivity index (χ0v) is 15.6. The van der Waals surface area contributed by atoms with Gasteiger partial charge in [0.15, 0.2) is 4.32 Å². The summed E-state index contributed by atoms with van der Waals surface area (Å²) < 4.78 is 6.02. The molecule has 2 heterocycles. The van der Waals surface area contributed by atoms with Crippen molar-refractivity contribution in [1.29, 1.82) is 0 Å². The van der Waals surface area contributed by atoms with E-state index in [9.17, 15) is 9.90 Å². The van der Waals surface area contributed by atoms with E-state index in [0.29, 0.717) is 25.3 Å². The van der Waals surface area contributed by atoms with Gasteiger partial charge >= 0.3 is 0 Å². The minimum absolute atomic E-state index is 0.143. The van der Waals surface area contributed by atoms with Gasteiger partial charge in [-0.2, -0.15) is 0 Å². The number of pyridine rings is 1. The molecule has 1 aliphatic rings. The maximum atomic E-state index is 12.7. The second kappa shape index (κ2) is 6.92. The van der Waals surface area contributed by atoms with Crippen molar-refractivity contribution in [2.45, 2.75) is 0 Å². The average Bonchev–Trinajstić information content (AvgIpc) is 2.85. The van der Waals surface area contributed by atoms with E-state index in [1.165, 1.54) is 23.8 Å². The van der Waals surface area contributed by atoms with Crippen LogP contribution < -0.4 is 9.64 Å². The summed E-state index contributed by atoms with van der Waals surface area (Å²) in [6, 6.07) is 8.42. The SMILES string of the molecule is COc1ccc(N2C(=O)/C(=C\c3ccc(O)c(Br)c3)SC2=S)cn1. The third kappa shape index (κ3) is 3.31. The van der Waals surface area contributed by atoms with Crippen LogP contribution >= 0.6 is 39.9 Å². The van der Waals surface area contributed by atoms with Gasteiger partial charge in [0.05, 0.1) is 28.4 Å². The molecule has 1 fully saturated rings. The molecule has 122 valence electrons. The Labute approximate surface area is 156 Å². The Morgan fingerprint density at radius 3 is 2.79 bits per heavy atom. The number of halogens is 1. The number of methoxy groups -OCH3 is 1. The molecule has 2 aromatic rings. The lowest BCUT2D eigenvalue weighted by Crippen LogP contribution is -2.27. The van der Waals surface area contributed by atoms with Crippen LogP contribution in [-0.2, 0) is 4.79 Å². The molecule has 1 aliphatic heterocycles. The van der Waals surface area contributed by atoms with Gasteiger partial charge in [-0.25, -0.2) is 4.98 Å². The Morgan fingerprint density at radius 1 is 1.38 bits per heavy atom. The van der Waals surface area contributed by atoms with E-state index in [0.717, 1.165) is 5.56 Å². The number of carbonyl (C=O) groups is 1. The molecule has 1 aromatic carbocycles. The lowest BCUT2D eigenvalue weighted by Gasteiger charge is -2.14. The fraction of sp³-hybridized carbons (Fsp3) is 0.0625. The zero-order chi connectivity index (χ0) is 17.3. The molecular formula is C16H11BrN2O3S2. The maximum absolute atomic E-state index is 12.7. The first kappa shape index (κ1) is 16.9. The first-order chi connectivity index (χ1) is 11.5. The number of amides is 1. The number of ether oxygens (including phenoxy) is 1. The van der Waals surface area contributed by atoms with Crippen molar-refractivity contribution in [2.24, 2.45) is 0 Å². The number of phenolic OH excluding ortho intramolecular Hbond substituents is 1. The third-order valence-electron chi connectivity index (χ3n) is 3.25. The number of anilines is 1. The molecule has 8 heteroatoms. The number of phenols is 1. The Morgan fingerprint density at radius 2 is 2.17 bits per heavy atom. The van der Waals surface area contributed by atoms with Gasteiger partial charge in [0.1, 0.15) is 5.75 Å². The van der Waals surface area contributed by atoms with Gasteiger partial charge in [0.25, 0.3) is 5.91 Å². The molecular weight excluding hydrogens is 412 g/mol. The molecule has 0 radical (unpaired) electrons. The molecule has 0 unspecified atom stereocenters. The molecule has 0 bridgehead atoms. The van der Waals surface area contributed by atoms with E-state index in [4.69, 9.17) is 17.0 Å². The quantitative estimate of drug-likeness (QED) is 0.596. The van der Waals surface area contributed by atoms with Crippen molar-refractivity contribution in [3.05, 3.63) is 51.5 Å². The van der Waals surface area contributed by atoms with Crippen molar-refractivity contribution in [2.75, 3.05) is 12.0 Å². The molecule has 0 atom stereocenters. The summed E-state index contributed by atoms with van der Waals surface area (Å²) in [5.41, 5.74) is 1.38. The highest BCUT2D eigenvalue weighted by Crippen LogP contribution is 2.36. The van der Waals surface area contributed by atoms with Gasteiger partial charge in [-0.1, -0.05) is 30.0 Å². The predicted octanol–water partition coefficient (Wildman–Crippen LogP) is 3.96. The van der Waals surface area contributed by atoms with Crippen LogP contribution in [-0.4, -0.2) is 27.4 Å². The number of thioether (sulfide) groups is 1. The first-order valence-corrected chi connectivity index (χ1v) is 8.78. The second-order valence-electron chi connectivity index (χ2n) is 4.79. The summed E-state index contributed by atoms with van der Waals surface area (Å²) in [4.78, 5) is 18.7. The topological polar surface area (TPSA) is 62.7 Å². The number of aromatic hydroxyl groups is 1. The van der Waals surface area contributed by atoms with Gasteiger partial charge in [-0.15, -0.1) is 0 Å². The van der Waals surface area contributed by atoms with Crippen LogP contribution in [0.1, 0.15) is 5.56 Å². The average molecular weight is 423 g/mol. The van der Waals surface area contributed by atoms with Crippen molar-refractivity contribution in [1.82, 2.24) is 4.98 Å². The number of hydrogen-bond donors (Lipinski definition) is 1. The van der Waals surface area contributed by atoms with E-state index < -0.39 is 0 Å². The van der Waals surface area contributed by atoms with Gasteiger partial charge in [-0.3, -0.25) is 9.69 Å². The van der Waals surface area contributed by atoms with Crippen LogP contribution in [0.2, 0.25) is 0 Å². The second-order valence-corrected chi connectivity index (χ2v) is 7.32. The van der Waals surface area contributed by atoms with Crippen LogP contribution in [0, 0.1) is 0 Å². The maximum Gasteiger partial charge on any atom is 0.270 e. The lowest BCUT2D eigenvalue weighted by atomic mass is 10.2. The minimum Gasteiger partial charge on any atom is -0.507 e. The number of carbonyl (C=O) groups excluding carboxylic acids is 1. The van der Waals surface area contributed by atoms with E-state index in [-0.39, 0.29) is 11.7 Å². The first-order valence-electron chi connectivity index (χ1n) is 6.76. The van der Waals surface area contributed by atoms with E-state index in [2.05, 4.69) is 20.9 Å². The van der Waals surface area contributed by atoms with Crippen molar-refractivity contribution in [3.8, 4) is 11.6 Å². The van der Waals surface area contributed by atoms with Gasteiger partial charge in [-0.05, 0) is 45.8 Å². The molecule has 0 saturated carbocycles. The number of thiocarbonyl (C=S) groups is 1. The molecule has 3 rings (SSSR count). The Bertz CT molecular complexity index is 853. The molecule has 1 N–H and O–H groups in total. The van der Waals surface area contributed by atoms with Crippen LogP contribution in [0.3, 0.4) is 0 Å². The fourth-order valence-electron chi connectivity index (χ4n) is 2.08. The number of nitrogens with zero attached hydrogens (tertiary/aromatic N) is 2. The van der Waals surface area contributed by atoms with Crippen LogP contribution in [0.5, 0.6) is 11.6 Å². The fourth-order valence-corrected chi connectivity index (χ4v) is 3.78. The summed E-state index contributed by atoms with van der Waals surface area (Å²) in [5, 5.41) is 9.55. The lowest BCUT2D eigenvalue weighted by molar-refractivity contribution is -0.113. The molecule has 24 heavy (non-hydrogen) atoms. The van der Waals surface area contributed by atoms with Crippen LogP contribution in [0.4, 0.5) is 5.69 Å². The molecule has 1 amide bonds. The summed E-state index contributed by atoms with van der Waals surface area (Å²) in [5.74, 6) is 0.402. The molecule has 5 nitrogen and oxygen atoms in total. The third-order valence-corrected chi connectivity index (χ3v) is 5.19. The number of aromatic nitrogens is 1. The molecule has 1 saturated heterocycles. The molecule has 0 aliphatic carbocycles. The Balaban J connectivity index is 1.90. The summed E-state index contributed by atoms with van der Waals surface area (Å²) in [6.07, 6.45) is 3.28. The Kier molecular flexibility index (Phi) is 4.88. The summed E-state index contributed by atoms with van der Waals surface area (Å²) >= 11 is 9.80. The summed E-state index contributed by atoms with van der Waals surface area (Å²) in [7, 11) is 1.53. The van der Waals surface area contributed by atoms with Gasteiger partial charge in [0, 0.05) is 6.07 Å². The highest BCUT2D eigenvalue weighted by Gasteiger charge is 2.33. The zero-order valence-electron chi connectivity index (χ0n) is 12.4. The largest absolute Gasteiger partial charge is 0.507 e. The predicted molar refractivity (Wildman–Crippen MR) is 102 cm³/mol. The minimum atomic E-state index is -0.207. The Hall–Kier alpha value is -1.90. The van der Waals surface area contributed by atoms with E-state index in [1.807, 2.05) is 0 Å². The number of rotatable bonds is 3.